The number of nitrogens with two attached hydrogens (primary N) is 1. The lowest BCUT2D eigenvalue weighted by atomic mass is 9.74. The van der Waals surface area contributed by atoms with Crippen LogP contribution in [-0.2, 0) is 4.79 Å². The minimum atomic E-state index is -0.249. The maximum atomic E-state index is 12.4. The van der Waals surface area contributed by atoms with Crippen molar-refractivity contribution in [2.75, 3.05) is 0 Å². The van der Waals surface area contributed by atoms with Crippen molar-refractivity contribution in [3.05, 3.63) is 0 Å². The minimum Gasteiger partial charge on any atom is -0.369 e. The van der Waals surface area contributed by atoms with Crippen molar-refractivity contribution in [1.29, 1.82) is 0 Å². The molecule has 0 aliphatic heterocycles. The fourth-order valence-electron chi connectivity index (χ4n) is 4.41. The number of primary amides is 1. The van der Waals surface area contributed by atoms with Gasteiger partial charge in [-0.05, 0) is 32.1 Å². The molecule has 0 heterocycles. The van der Waals surface area contributed by atoms with Crippen LogP contribution in [0.15, 0.2) is 0 Å². The number of alkyl halides is 1. The maximum absolute atomic E-state index is 12.4. The highest BCUT2D eigenvalue weighted by Gasteiger charge is 2.34. The molecular weight excluding hydrogens is 410 g/mol. The van der Waals surface area contributed by atoms with Gasteiger partial charge in [0.2, 0.25) is 5.91 Å². The zero-order valence-corrected chi connectivity index (χ0v) is 21.0. The summed E-state index contributed by atoms with van der Waals surface area (Å²) >= 11 is 3.84. The summed E-state index contributed by atoms with van der Waals surface area (Å²) in [5, 5.41) is 0. The van der Waals surface area contributed by atoms with Crippen molar-refractivity contribution >= 4 is 21.8 Å². The van der Waals surface area contributed by atoms with E-state index in [-0.39, 0.29) is 11.3 Å². The second-order valence-corrected chi connectivity index (χ2v) is 10.3. The first-order chi connectivity index (χ1) is 13.5. The molecule has 168 valence electrons. The number of halogens is 1. The van der Waals surface area contributed by atoms with Crippen LogP contribution in [0, 0.1) is 5.41 Å². The lowest BCUT2D eigenvalue weighted by Gasteiger charge is -2.31. The Bertz CT molecular complexity index is 360. The van der Waals surface area contributed by atoms with Crippen molar-refractivity contribution in [3.63, 3.8) is 0 Å². The summed E-state index contributed by atoms with van der Waals surface area (Å²) in [4.78, 5) is 13.0. The number of amides is 1. The van der Waals surface area contributed by atoms with Gasteiger partial charge in [-0.25, -0.2) is 0 Å². The zero-order chi connectivity index (χ0) is 21.1. The van der Waals surface area contributed by atoms with E-state index in [0.717, 1.165) is 38.5 Å². The number of unbranched alkanes of at least 4 members (excludes halogenated alkanes) is 10. The van der Waals surface area contributed by atoms with Crippen LogP contribution in [0.3, 0.4) is 0 Å². The van der Waals surface area contributed by atoms with E-state index < -0.39 is 0 Å². The van der Waals surface area contributed by atoms with Crippen LogP contribution in [0.4, 0.5) is 0 Å². The van der Waals surface area contributed by atoms with E-state index in [0.29, 0.717) is 4.83 Å². The molecule has 0 saturated carbocycles. The maximum Gasteiger partial charge on any atom is 0.223 e. The van der Waals surface area contributed by atoms with Crippen molar-refractivity contribution < 1.29 is 4.79 Å². The molecule has 0 spiro atoms. The molecule has 0 aliphatic carbocycles. The topological polar surface area (TPSA) is 43.1 Å². The highest BCUT2D eigenvalue weighted by molar-refractivity contribution is 9.09. The molecule has 0 aromatic heterocycles. The number of hydrogen-bond acceptors (Lipinski definition) is 1. The van der Waals surface area contributed by atoms with Crippen molar-refractivity contribution in [2.45, 2.75) is 148 Å². The van der Waals surface area contributed by atoms with E-state index >= 15 is 0 Å². The fourth-order valence-corrected chi connectivity index (χ4v) is 5.06. The third-order valence-corrected chi connectivity index (χ3v) is 7.22. The molecule has 3 heteroatoms. The van der Waals surface area contributed by atoms with Gasteiger partial charge in [-0.3, -0.25) is 4.79 Å². The molecule has 1 amide bonds. The summed E-state index contributed by atoms with van der Waals surface area (Å²) in [5.74, 6) is -0.0457. The highest BCUT2D eigenvalue weighted by atomic mass is 79.9. The summed E-state index contributed by atoms with van der Waals surface area (Å²) in [6, 6.07) is 0. The lowest BCUT2D eigenvalue weighted by Crippen LogP contribution is -2.37. The molecule has 0 fully saturated rings. The quantitative estimate of drug-likeness (QED) is 0.135. The van der Waals surface area contributed by atoms with Gasteiger partial charge in [0.25, 0.3) is 0 Å². The molecule has 2 N–H and O–H groups in total. The standard InChI is InChI=1S/C25H50BrNO/c1-4-7-9-10-11-12-13-16-21-25(20-6-3,24(27)28)22-17-15-19-23(26)18-14-8-5-2/h23H,4-22H2,1-3H3,(H2,27,28). The van der Waals surface area contributed by atoms with Gasteiger partial charge in [-0.15, -0.1) is 0 Å². The van der Waals surface area contributed by atoms with Gasteiger partial charge in [0.1, 0.15) is 0 Å². The first-order valence-electron chi connectivity index (χ1n) is 12.5. The van der Waals surface area contributed by atoms with Crippen LogP contribution in [0.2, 0.25) is 0 Å². The van der Waals surface area contributed by atoms with Crippen LogP contribution in [0.1, 0.15) is 143 Å². The Hall–Kier alpha value is -0.0500. The molecule has 0 radical (unpaired) electrons. The molecule has 0 saturated heterocycles. The monoisotopic (exact) mass is 459 g/mol. The molecule has 0 rings (SSSR count). The van der Waals surface area contributed by atoms with Crippen molar-refractivity contribution in [2.24, 2.45) is 11.1 Å². The SMILES string of the molecule is CCCCCCCCCCC(CCC)(CCCCC(Br)CCCCC)C(N)=O. The normalized spacial score (nSPS) is 14.7. The Morgan fingerprint density at radius 3 is 1.61 bits per heavy atom. The Balaban J connectivity index is 4.20. The predicted molar refractivity (Wildman–Crippen MR) is 129 cm³/mol. The van der Waals surface area contributed by atoms with Crippen molar-refractivity contribution in [3.8, 4) is 0 Å². The van der Waals surface area contributed by atoms with E-state index in [9.17, 15) is 4.79 Å². The van der Waals surface area contributed by atoms with Crippen LogP contribution >= 0.6 is 15.9 Å². The largest absolute Gasteiger partial charge is 0.369 e. The average molecular weight is 461 g/mol. The number of rotatable bonds is 21. The Morgan fingerprint density at radius 1 is 0.679 bits per heavy atom. The average Bonchev–Trinajstić information content (AvgIpc) is 2.67. The van der Waals surface area contributed by atoms with Crippen LogP contribution in [0.5, 0.6) is 0 Å². The third-order valence-electron chi connectivity index (χ3n) is 6.30. The molecule has 0 bridgehead atoms. The first kappa shape index (κ1) is 27.9. The molecule has 2 nitrogen and oxygen atoms in total. The fraction of sp³-hybridized carbons (Fsp3) is 0.960. The number of hydrogen-bond donors (Lipinski definition) is 1. The van der Waals surface area contributed by atoms with Gasteiger partial charge in [0.15, 0.2) is 0 Å². The second kappa shape index (κ2) is 18.9. The lowest BCUT2D eigenvalue weighted by molar-refractivity contribution is -0.129. The van der Waals surface area contributed by atoms with Gasteiger partial charge in [0, 0.05) is 10.2 Å². The summed E-state index contributed by atoms with van der Waals surface area (Å²) in [6.07, 6.45) is 23.3. The summed E-state index contributed by atoms with van der Waals surface area (Å²) < 4.78 is 0. The van der Waals surface area contributed by atoms with Gasteiger partial charge < -0.3 is 5.73 Å². The van der Waals surface area contributed by atoms with Gasteiger partial charge in [-0.2, -0.15) is 0 Å². The van der Waals surface area contributed by atoms with Gasteiger partial charge >= 0.3 is 0 Å². The Kier molecular flexibility index (Phi) is 18.9. The van der Waals surface area contributed by atoms with Crippen molar-refractivity contribution in [1.82, 2.24) is 0 Å². The van der Waals surface area contributed by atoms with Gasteiger partial charge in [0.05, 0.1) is 0 Å². The molecule has 0 aromatic rings. The smallest absolute Gasteiger partial charge is 0.223 e. The molecule has 28 heavy (non-hydrogen) atoms. The summed E-state index contributed by atoms with van der Waals surface area (Å²) in [6.45, 7) is 6.71. The van der Waals surface area contributed by atoms with E-state index in [2.05, 4.69) is 36.7 Å². The second-order valence-electron chi connectivity index (χ2n) is 8.96. The molecule has 0 aromatic carbocycles. The minimum absolute atomic E-state index is 0.0457. The summed E-state index contributed by atoms with van der Waals surface area (Å²) in [7, 11) is 0. The van der Waals surface area contributed by atoms with E-state index in [1.807, 2.05) is 0 Å². The van der Waals surface area contributed by atoms with E-state index in [1.54, 1.807) is 0 Å². The molecule has 0 aliphatic rings. The number of carbonyl (C=O) groups excluding carboxylic acids is 1. The van der Waals surface area contributed by atoms with Crippen LogP contribution < -0.4 is 5.73 Å². The molecule has 2 unspecified atom stereocenters. The van der Waals surface area contributed by atoms with Crippen LogP contribution in [0.25, 0.3) is 0 Å². The Morgan fingerprint density at radius 2 is 1.11 bits per heavy atom. The zero-order valence-electron chi connectivity index (χ0n) is 19.4. The number of carbonyl (C=O) groups is 1. The van der Waals surface area contributed by atoms with E-state index in [4.69, 9.17) is 5.73 Å². The van der Waals surface area contributed by atoms with Crippen LogP contribution in [-0.4, -0.2) is 10.7 Å². The van der Waals surface area contributed by atoms with Gasteiger partial charge in [-0.1, -0.05) is 127 Å². The third kappa shape index (κ3) is 14.0. The predicted octanol–water partition coefficient (Wildman–Crippen LogP) is 8.69. The molecule has 2 atom stereocenters. The Labute approximate surface area is 185 Å². The summed E-state index contributed by atoms with van der Waals surface area (Å²) in [5.41, 5.74) is 5.68. The highest BCUT2D eigenvalue weighted by Crippen LogP contribution is 2.36. The first-order valence-corrected chi connectivity index (χ1v) is 13.4. The van der Waals surface area contributed by atoms with E-state index in [1.165, 1.54) is 83.5 Å². The molecular formula is C25H50BrNO.